The Kier molecular flexibility index (Phi) is 6.22. The zero-order valence-corrected chi connectivity index (χ0v) is 11.0. The molecular formula is C14H21NO3. The lowest BCUT2D eigenvalue weighted by Gasteiger charge is -2.13. The van der Waals surface area contributed by atoms with E-state index in [-0.39, 0.29) is 18.6 Å². The SMILES string of the molecule is CCCOc1cccc(C(=O)NC(C)CCO)c1. The second-order valence-corrected chi connectivity index (χ2v) is 4.26. The van der Waals surface area contributed by atoms with E-state index < -0.39 is 0 Å². The van der Waals surface area contributed by atoms with E-state index in [0.29, 0.717) is 24.3 Å². The van der Waals surface area contributed by atoms with Gasteiger partial charge in [0.2, 0.25) is 0 Å². The number of aliphatic hydroxyl groups is 1. The van der Waals surface area contributed by atoms with E-state index in [9.17, 15) is 4.79 Å². The number of aliphatic hydroxyl groups excluding tert-OH is 1. The van der Waals surface area contributed by atoms with Gasteiger partial charge in [-0.15, -0.1) is 0 Å². The Labute approximate surface area is 108 Å². The Bertz CT molecular complexity index is 379. The number of carbonyl (C=O) groups is 1. The van der Waals surface area contributed by atoms with Crippen molar-refractivity contribution in [2.45, 2.75) is 32.7 Å². The van der Waals surface area contributed by atoms with E-state index in [2.05, 4.69) is 5.32 Å². The molecule has 4 nitrogen and oxygen atoms in total. The van der Waals surface area contributed by atoms with Gasteiger partial charge in [0.05, 0.1) is 6.61 Å². The van der Waals surface area contributed by atoms with Crippen molar-refractivity contribution in [2.24, 2.45) is 0 Å². The molecule has 0 heterocycles. The molecule has 0 aliphatic rings. The summed E-state index contributed by atoms with van der Waals surface area (Å²) in [5, 5.41) is 11.6. The highest BCUT2D eigenvalue weighted by Gasteiger charge is 2.09. The minimum absolute atomic E-state index is 0.0392. The molecule has 18 heavy (non-hydrogen) atoms. The predicted octanol–water partition coefficient (Wildman–Crippen LogP) is 1.98. The van der Waals surface area contributed by atoms with Crippen LogP contribution in [0.5, 0.6) is 5.75 Å². The Morgan fingerprint density at radius 1 is 1.50 bits per heavy atom. The van der Waals surface area contributed by atoms with Crippen LogP contribution in [0.3, 0.4) is 0 Å². The lowest BCUT2D eigenvalue weighted by Crippen LogP contribution is -2.33. The minimum Gasteiger partial charge on any atom is -0.494 e. The van der Waals surface area contributed by atoms with Crippen molar-refractivity contribution in [2.75, 3.05) is 13.2 Å². The van der Waals surface area contributed by atoms with Crippen molar-refractivity contribution in [1.29, 1.82) is 0 Å². The van der Waals surface area contributed by atoms with Crippen LogP contribution in [0.2, 0.25) is 0 Å². The molecule has 0 saturated heterocycles. The van der Waals surface area contributed by atoms with E-state index in [1.807, 2.05) is 19.9 Å². The Hall–Kier alpha value is -1.55. The molecule has 0 aromatic heterocycles. The Morgan fingerprint density at radius 2 is 2.28 bits per heavy atom. The molecule has 1 atom stereocenters. The fraction of sp³-hybridized carbons (Fsp3) is 0.500. The molecule has 1 aromatic carbocycles. The van der Waals surface area contributed by atoms with Crippen molar-refractivity contribution in [3.05, 3.63) is 29.8 Å². The number of hydrogen-bond donors (Lipinski definition) is 2. The standard InChI is InChI=1S/C14H21NO3/c1-3-9-18-13-6-4-5-12(10-13)14(17)15-11(2)7-8-16/h4-6,10-11,16H,3,7-9H2,1-2H3,(H,15,17). The summed E-state index contributed by atoms with van der Waals surface area (Å²) in [5.74, 6) is 0.567. The van der Waals surface area contributed by atoms with Crippen LogP contribution >= 0.6 is 0 Å². The van der Waals surface area contributed by atoms with E-state index in [4.69, 9.17) is 9.84 Å². The molecule has 1 amide bonds. The predicted molar refractivity (Wildman–Crippen MR) is 70.9 cm³/mol. The van der Waals surface area contributed by atoms with E-state index in [1.165, 1.54) is 0 Å². The van der Waals surface area contributed by atoms with Crippen LogP contribution in [0.4, 0.5) is 0 Å². The van der Waals surface area contributed by atoms with Gasteiger partial charge in [-0.25, -0.2) is 0 Å². The molecule has 0 spiro atoms. The molecule has 0 aliphatic carbocycles. The molecule has 1 rings (SSSR count). The number of rotatable bonds is 7. The Morgan fingerprint density at radius 3 is 2.94 bits per heavy atom. The summed E-state index contributed by atoms with van der Waals surface area (Å²) in [6.07, 6.45) is 1.49. The van der Waals surface area contributed by atoms with Gasteiger partial charge in [-0.1, -0.05) is 13.0 Å². The average Bonchev–Trinajstić information content (AvgIpc) is 2.37. The molecular weight excluding hydrogens is 230 g/mol. The normalized spacial score (nSPS) is 11.9. The van der Waals surface area contributed by atoms with E-state index in [1.54, 1.807) is 18.2 Å². The number of benzene rings is 1. The maximum Gasteiger partial charge on any atom is 0.251 e. The highest BCUT2D eigenvalue weighted by atomic mass is 16.5. The van der Waals surface area contributed by atoms with Crippen molar-refractivity contribution >= 4 is 5.91 Å². The van der Waals surface area contributed by atoms with Crippen molar-refractivity contribution < 1.29 is 14.6 Å². The van der Waals surface area contributed by atoms with Crippen LogP contribution in [0.1, 0.15) is 37.0 Å². The highest BCUT2D eigenvalue weighted by molar-refractivity contribution is 5.94. The molecule has 1 unspecified atom stereocenters. The van der Waals surface area contributed by atoms with Gasteiger partial charge in [0, 0.05) is 18.2 Å². The number of carbonyl (C=O) groups excluding carboxylic acids is 1. The molecule has 0 bridgehead atoms. The minimum atomic E-state index is -0.141. The van der Waals surface area contributed by atoms with Crippen molar-refractivity contribution in [1.82, 2.24) is 5.32 Å². The first-order valence-corrected chi connectivity index (χ1v) is 6.32. The number of amides is 1. The summed E-state index contributed by atoms with van der Waals surface area (Å²) >= 11 is 0. The topological polar surface area (TPSA) is 58.6 Å². The molecule has 100 valence electrons. The van der Waals surface area contributed by atoms with Gasteiger partial charge >= 0.3 is 0 Å². The summed E-state index contributed by atoms with van der Waals surface area (Å²) in [6.45, 7) is 4.62. The number of nitrogens with one attached hydrogen (secondary N) is 1. The van der Waals surface area contributed by atoms with Crippen LogP contribution in [0.15, 0.2) is 24.3 Å². The van der Waals surface area contributed by atoms with Gasteiger partial charge in [-0.05, 0) is 38.0 Å². The first kappa shape index (κ1) is 14.5. The third kappa shape index (κ3) is 4.75. The smallest absolute Gasteiger partial charge is 0.251 e. The van der Waals surface area contributed by atoms with Crippen LogP contribution < -0.4 is 10.1 Å². The fourth-order valence-corrected chi connectivity index (χ4v) is 1.52. The first-order valence-electron chi connectivity index (χ1n) is 6.32. The monoisotopic (exact) mass is 251 g/mol. The van der Waals surface area contributed by atoms with Gasteiger partial charge in [0.1, 0.15) is 5.75 Å². The molecule has 0 radical (unpaired) electrons. The molecule has 2 N–H and O–H groups in total. The second kappa shape index (κ2) is 7.71. The summed E-state index contributed by atoms with van der Waals surface area (Å²) < 4.78 is 5.48. The molecule has 0 aliphatic heterocycles. The summed E-state index contributed by atoms with van der Waals surface area (Å²) in [5.41, 5.74) is 0.577. The zero-order chi connectivity index (χ0) is 13.4. The lowest BCUT2D eigenvalue weighted by molar-refractivity contribution is 0.0934. The van der Waals surface area contributed by atoms with Crippen LogP contribution in [0, 0.1) is 0 Å². The van der Waals surface area contributed by atoms with Crippen molar-refractivity contribution in [3.63, 3.8) is 0 Å². The number of hydrogen-bond acceptors (Lipinski definition) is 3. The summed E-state index contributed by atoms with van der Waals surface area (Å²) in [4.78, 5) is 11.9. The highest BCUT2D eigenvalue weighted by Crippen LogP contribution is 2.13. The van der Waals surface area contributed by atoms with Gasteiger partial charge in [-0.2, -0.15) is 0 Å². The van der Waals surface area contributed by atoms with Crippen LogP contribution in [0.25, 0.3) is 0 Å². The van der Waals surface area contributed by atoms with E-state index >= 15 is 0 Å². The van der Waals surface area contributed by atoms with Crippen LogP contribution in [-0.2, 0) is 0 Å². The largest absolute Gasteiger partial charge is 0.494 e. The lowest BCUT2D eigenvalue weighted by atomic mass is 10.1. The second-order valence-electron chi connectivity index (χ2n) is 4.26. The maximum absolute atomic E-state index is 11.9. The van der Waals surface area contributed by atoms with Gasteiger partial charge in [0.15, 0.2) is 0 Å². The van der Waals surface area contributed by atoms with Gasteiger partial charge in [0.25, 0.3) is 5.91 Å². The third-order valence-electron chi connectivity index (χ3n) is 2.51. The molecule has 0 fully saturated rings. The first-order chi connectivity index (χ1) is 8.67. The quantitative estimate of drug-likeness (QED) is 0.779. The Balaban J connectivity index is 2.62. The molecule has 1 aromatic rings. The van der Waals surface area contributed by atoms with Crippen LogP contribution in [-0.4, -0.2) is 30.3 Å². The maximum atomic E-state index is 11.9. The molecule has 0 saturated carbocycles. The molecule has 4 heteroatoms. The zero-order valence-electron chi connectivity index (χ0n) is 11.0. The summed E-state index contributed by atoms with van der Waals surface area (Å²) in [6, 6.07) is 7.08. The van der Waals surface area contributed by atoms with Gasteiger partial charge < -0.3 is 15.2 Å². The van der Waals surface area contributed by atoms with E-state index in [0.717, 1.165) is 6.42 Å². The average molecular weight is 251 g/mol. The number of ether oxygens (including phenoxy) is 1. The summed E-state index contributed by atoms with van der Waals surface area (Å²) in [7, 11) is 0. The fourth-order valence-electron chi connectivity index (χ4n) is 1.52. The van der Waals surface area contributed by atoms with Crippen molar-refractivity contribution in [3.8, 4) is 5.75 Å². The van der Waals surface area contributed by atoms with Gasteiger partial charge in [-0.3, -0.25) is 4.79 Å². The third-order valence-corrected chi connectivity index (χ3v) is 2.51.